The van der Waals surface area contributed by atoms with E-state index < -0.39 is 47.9 Å². The number of phenols is 1. The van der Waals surface area contributed by atoms with E-state index >= 15 is 0 Å². The molecule has 3 amide bonds. The molecule has 0 bridgehead atoms. The van der Waals surface area contributed by atoms with E-state index in [-0.39, 0.29) is 49.9 Å². The third-order valence-corrected chi connectivity index (χ3v) is 6.24. The standard InChI is InChI=1S/C27H41N9O6/c1-15(2)10-21(24(39)34-20(26(41)42)4-3-9-32-27(29)30)36-25(40)22(11-16-5-7-18(37)8-6-16)35-23(38)19(28)12-17-13-31-14-33-17/h5-8,13-15,19-22,37H,3-4,9-12,28H2,1-2H3,(H,31,33)(H,34,39)(H,35,38)(H,36,40)(H,41,42)(H4,29,30,32). The molecular weight excluding hydrogens is 546 g/mol. The number of carbonyl (C=O) groups is 4. The van der Waals surface area contributed by atoms with Gasteiger partial charge in [0.2, 0.25) is 17.7 Å². The Morgan fingerprint density at radius 1 is 0.952 bits per heavy atom. The average molecular weight is 588 g/mol. The number of guanidine groups is 1. The van der Waals surface area contributed by atoms with Crippen molar-refractivity contribution >= 4 is 29.7 Å². The Kier molecular flexibility index (Phi) is 13.2. The summed E-state index contributed by atoms with van der Waals surface area (Å²) < 4.78 is 0. The minimum absolute atomic E-state index is 0.0327. The number of H-pyrrole nitrogens is 1. The smallest absolute Gasteiger partial charge is 0.326 e. The summed E-state index contributed by atoms with van der Waals surface area (Å²) in [7, 11) is 0. The van der Waals surface area contributed by atoms with Gasteiger partial charge in [0.05, 0.1) is 12.4 Å². The van der Waals surface area contributed by atoms with Crippen molar-refractivity contribution in [2.24, 2.45) is 28.1 Å². The number of rotatable bonds is 17. The van der Waals surface area contributed by atoms with Gasteiger partial charge in [0.1, 0.15) is 23.9 Å². The normalized spacial score (nSPS) is 13.8. The number of nitrogens with two attached hydrogens (primary N) is 3. The molecule has 0 saturated carbocycles. The van der Waals surface area contributed by atoms with Crippen LogP contribution in [0.25, 0.3) is 0 Å². The van der Waals surface area contributed by atoms with Gasteiger partial charge >= 0.3 is 5.97 Å². The second kappa shape index (κ2) is 16.6. The van der Waals surface area contributed by atoms with Crippen molar-refractivity contribution in [3.63, 3.8) is 0 Å². The van der Waals surface area contributed by atoms with Gasteiger partial charge in [-0.25, -0.2) is 9.78 Å². The molecule has 2 aromatic rings. The second-order valence-electron chi connectivity index (χ2n) is 10.4. The van der Waals surface area contributed by atoms with Crippen molar-refractivity contribution in [3.8, 4) is 5.75 Å². The molecule has 0 radical (unpaired) electrons. The summed E-state index contributed by atoms with van der Waals surface area (Å²) in [6.45, 7) is 3.89. The van der Waals surface area contributed by atoms with Gasteiger partial charge < -0.3 is 48.3 Å². The Hall–Kier alpha value is -4.66. The Bertz CT molecular complexity index is 1200. The van der Waals surface area contributed by atoms with Crippen molar-refractivity contribution in [2.45, 2.75) is 70.1 Å². The fraction of sp³-hybridized carbons (Fsp3) is 0.481. The predicted octanol–water partition coefficient (Wildman–Crippen LogP) is -1.13. The number of aliphatic carboxylic acids is 1. The quantitative estimate of drug-likeness (QED) is 0.0610. The van der Waals surface area contributed by atoms with Crippen LogP contribution in [0.4, 0.5) is 0 Å². The number of nitrogens with one attached hydrogen (secondary N) is 4. The van der Waals surface area contributed by atoms with Crippen LogP contribution in [-0.2, 0) is 32.0 Å². The summed E-state index contributed by atoms with van der Waals surface area (Å²) in [5, 5.41) is 27.1. The summed E-state index contributed by atoms with van der Waals surface area (Å²) in [5.74, 6) is -3.32. The van der Waals surface area contributed by atoms with E-state index in [0.29, 0.717) is 17.7 Å². The van der Waals surface area contributed by atoms with E-state index in [1.807, 2.05) is 13.8 Å². The van der Waals surface area contributed by atoms with Gasteiger partial charge in [0, 0.05) is 31.3 Å². The molecule has 0 aliphatic heterocycles. The highest BCUT2D eigenvalue weighted by Crippen LogP contribution is 2.13. The van der Waals surface area contributed by atoms with Crippen LogP contribution in [0.5, 0.6) is 5.75 Å². The molecule has 4 unspecified atom stereocenters. The van der Waals surface area contributed by atoms with Crippen molar-refractivity contribution in [2.75, 3.05) is 6.54 Å². The number of aromatic amines is 1. The van der Waals surface area contributed by atoms with Gasteiger partial charge in [-0.05, 0) is 42.9 Å². The first-order chi connectivity index (χ1) is 19.8. The van der Waals surface area contributed by atoms with Crippen molar-refractivity contribution < 1.29 is 29.4 Å². The summed E-state index contributed by atoms with van der Waals surface area (Å²) in [5.41, 5.74) is 17.9. The highest BCUT2D eigenvalue weighted by molar-refractivity contribution is 5.94. The number of amides is 3. The lowest BCUT2D eigenvalue weighted by Gasteiger charge is -2.26. The van der Waals surface area contributed by atoms with Crippen LogP contribution >= 0.6 is 0 Å². The molecule has 0 aliphatic carbocycles. The summed E-state index contributed by atoms with van der Waals surface area (Å²) in [6.07, 6.45) is 3.75. The lowest BCUT2D eigenvalue weighted by molar-refractivity contribution is -0.142. The highest BCUT2D eigenvalue weighted by Gasteiger charge is 2.31. The average Bonchev–Trinajstić information content (AvgIpc) is 3.43. The first kappa shape index (κ1) is 33.5. The first-order valence-corrected chi connectivity index (χ1v) is 13.6. The molecule has 2 rings (SSSR count). The second-order valence-corrected chi connectivity index (χ2v) is 10.4. The molecule has 1 heterocycles. The molecule has 12 N–H and O–H groups in total. The van der Waals surface area contributed by atoms with E-state index in [9.17, 15) is 29.4 Å². The Labute approximate surface area is 243 Å². The number of carboxylic acids is 1. The third kappa shape index (κ3) is 11.8. The molecule has 15 heteroatoms. The topological polar surface area (TPSA) is 264 Å². The van der Waals surface area contributed by atoms with Crippen molar-refractivity contribution in [1.29, 1.82) is 0 Å². The van der Waals surface area contributed by atoms with Crippen molar-refractivity contribution in [3.05, 3.63) is 48.0 Å². The van der Waals surface area contributed by atoms with Crippen LogP contribution in [0.1, 0.15) is 44.4 Å². The molecular formula is C27H41N9O6. The zero-order chi connectivity index (χ0) is 31.2. The molecule has 1 aromatic carbocycles. The number of carbonyl (C=O) groups excluding carboxylic acids is 3. The number of hydrogen-bond donors (Lipinski definition) is 9. The van der Waals surface area contributed by atoms with Gasteiger partial charge in [-0.1, -0.05) is 26.0 Å². The summed E-state index contributed by atoms with van der Waals surface area (Å²) >= 11 is 0. The van der Waals surface area contributed by atoms with Crippen LogP contribution in [0.15, 0.2) is 41.8 Å². The van der Waals surface area contributed by atoms with Gasteiger partial charge in [-0.2, -0.15) is 0 Å². The van der Waals surface area contributed by atoms with Gasteiger partial charge in [-0.3, -0.25) is 19.4 Å². The molecule has 0 aliphatic rings. The summed E-state index contributed by atoms with van der Waals surface area (Å²) in [4.78, 5) is 62.0. The Balaban J connectivity index is 2.19. The number of nitrogens with zero attached hydrogens (tertiary/aromatic N) is 2. The van der Waals surface area contributed by atoms with Gasteiger partial charge in [0.25, 0.3) is 0 Å². The first-order valence-electron chi connectivity index (χ1n) is 13.6. The molecule has 0 fully saturated rings. The number of carboxylic acid groups (broad SMARTS) is 1. The van der Waals surface area contributed by atoms with Crippen LogP contribution in [0, 0.1) is 5.92 Å². The van der Waals surface area contributed by atoms with E-state index in [1.54, 1.807) is 12.1 Å². The molecule has 230 valence electrons. The number of benzene rings is 1. The lowest BCUT2D eigenvalue weighted by Crippen LogP contribution is -2.58. The Morgan fingerprint density at radius 3 is 2.14 bits per heavy atom. The van der Waals surface area contributed by atoms with Gasteiger partial charge in [-0.15, -0.1) is 0 Å². The van der Waals surface area contributed by atoms with E-state index in [2.05, 4.69) is 30.9 Å². The molecule has 42 heavy (non-hydrogen) atoms. The number of hydrogen-bond acceptors (Lipinski definition) is 8. The largest absolute Gasteiger partial charge is 0.508 e. The highest BCUT2D eigenvalue weighted by atomic mass is 16.4. The third-order valence-electron chi connectivity index (χ3n) is 6.24. The van der Waals surface area contributed by atoms with Crippen LogP contribution in [0.2, 0.25) is 0 Å². The molecule has 0 spiro atoms. The number of aromatic hydroxyl groups is 1. The minimum Gasteiger partial charge on any atom is -0.508 e. The number of imidazole rings is 1. The maximum Gasteiger partial charge on any atom is 0.326 e. The summed E-state index contributed by atoms with van der Waals surface area (Å²) in [6, 6.07) is 1.66. The fourth-order valence-corrected chi connectivity index (χ4v) is 4.09. The minimum atomic E-state index is -1.24. The molecule has 1 aromatic heterocycles. The SMILES string of the molecule is CC(C)CC(NC(=O)C(Cc1ccc(O)cc1)NC(=O)C(N)Cc1cnc[nH]1)C(=O)NC(CCCN=C(N)N)C(=O)O. The zero-order valence-corrected chi connectivity index (χ0v) is 23.7. The van der Waals surface area contributed by atoms with E-state index in [0.717, 1.165) is 0 Å². The number of phenolic OH excluding ortho intramolecular Hbond substituents is 1. The van der Waals surface area contributed by atoms with E-state index in [4.69, 9.17) is 17.2 Å². The molecule has 15 nitrogen and oxygen atoms in total. The lowest BCUT2D eigenvalue weighted by atomic mass is 10.00. The van der Waals surface area contributed by atoms with Crippen LogP contribution < -0.4 is 33.2 Å². The maximum atomic E-state index is 13.5. The number of aliphatic imine (C=N–C) groups is 1. The maximum absolute atomic E-state index is 13.5. The van der Waals surface area contributed by atoms with Crippen molar-refractivity contribution in [1.82, 2.24) is 25.9 Å². The Morgan fingerprint density at radius 2 is 1.57 bits per heavy atom. The molecule has 0 saturated heterocycles. The monoisotopic (exact) mass is 587 g/mol. The molecule has 4 atom stereocenters. The van der Waals surface area contributed by atoms with Gasteiger partial charge in [0.15, 0.2) is 5.96 Å². The van der Waals surface area contributed by atoms with Crippen LogP contribution in [0.3, 0.4) is 0 Å². The zero-order valence-electron chi connectivity index (χ0n) is 23.7. The predicted molar refractivity (Wildman–Crippen MR) is 155 cm³/mol. The number of aromatic nitrogens is 2. The van der Waals surface area contributed by atoms with E-state index in [1.165, 1.54) is 24.7 Å². The van der Waals surface area contributed by atoms with Crippen LogP contribution in [-0.4, -0.2) is 80.5 Å². The fourth-order valence-electron chi connectivity index (χ4n) is 4.09.